The van der Waals surface area contributed by atoms with Crippen molar-refractivity contribution < 1.29 is 14.6 Å². The molecule has 2 N–H and O–H groups in total. The first kappa shape index (κ1) is 14.5. The first-order valence-corrected chi connectivity index (χ1v) is 6.53. The summed E-state index contributed by atoms with van der Waals surface area (Å²) in [5.41, 5.74) is -0.762. The molecule has 1 aliphatic carbocycles. The number of rotatable bonds is 9. The maximum atomic E-state index is 11.2. The van der Waals surface area contributed by atoms with Crippen molar-refractivity contribution in [1.82, 2.24) is 5.32 Å². The summed E-state index contributed by atoms with van der Waals surface area (Å²) < 4.78 is 5.46. The Kier molecular flexibility index (Phi) is 5.40. The molecule has 0 saturated heterocycles. The Morgan fingerprint density at radius 2 is 2.12 bits per heavy atom. The first-order chi connectivity index (χ1) is 7.97. The van der Waals surface area contributed by atoms with Crippen LogP contribution in [0.2, 0.25) is 0 Å². The van der Waals surface area contributed by atoms with E-state index in [2.05, 4.69) is 19.2 Å². The Morgan fingerprint density at radius 1 is 1.47 bits per heavy atom. The number of hydrogen-bond donors (Lipinski definition) is 2. The van der Waals surface area contributed by atoms with Gasteiger partial charge < -0.3 is 9.84 Å². The van der Waals surface area contributed by atoms with E-state index in [4.69, 9.17) is 4.74 Å². The van der Waals surface area contributed by atoms with Gasteiger partial charge in [0.1, 0.15) is 5.54 Å². The Morgan fingerprint density at radius 3 is 2.59 bits per heavy atom. The molecule has 0 aliphatic heterocycles. The molecule has 1 aliphatic rings. The van der Waals surface area contributed by atoms with Crippen LogP contribution in [-0.4, -0.2) is 36.4 Å². The average Bonchev–Trinajstić information content (AvgIpc) is 3.05. The fourth-order valence-corrected chi connectivity index (χ4v) is 1.86. The molecule has 0 aromatic rings. The second-order valence-electron chi connectivity index (χ2n) is 5.50. The highest BCUT2D eigenvalue weighted by Gasteiger charge is 2.46. The molecule has 17 heavy (non-hydrogen) atoms. The van der Waals surface area contributed by atoms with Gasteiger partial charge in [0.2, 0.25) is 0 Å². The minimum absolute atomic E-state index is 0.288. The van der Waals surface area contributed by atoms with Gasteiger partial charge in [-0.25, -0.2) is 0 Å². The van der Waals surface area contributed by atoms with Gasteiger partial charge >= 0.3 is 5.97 Å². The van der Waals surface area contributed by atoms with E-state index in [1.54, 1.807) is 6.92 Å². The number of carboxylic acids is 1. The quantitative estimate of drug-likeness (QED) is 0.607. The van der Waals surface area contributed by atoms with Crippen molar-refractivity contribution in [2.75, 3.05) is 19.8 Å². The van der Waals surface area contributed by atoms with Crippen molar-refractivity contribution in [2.24, 2.45) is 11.8 Å². The van der Waals surface area contributed by atoms with Crippen LogP contribution in [0.15, 0.2) is 0 Å². The zero-order valence-electron chi connectivity index (χ0n) is 11.2. The molecule has 1 unspecified atom stereocenters. The lowest BCUT2D eigenvalue weighted by molar-refractivity contribution is -0.145. The van der Waals surface area contributed by atoms with Crippen LogP contribution in [0.1, 0.15) is 40.0 Å². The molecule has 1 rings (SSSR count). The fourth-order valence-electron chi connectivity index (χ4n) is 1.86. The first-order valence-electron chi connectivity index (χ1n) is 6.53. The van der Waals surface area contributed by atoms with Crippen LogP contribution in [0.3, 0.4) is 0 Å². The zero-order chi connectivity index (χ0) is 12.9. The van der Waals surface area contributed by atoms with Crippen molar-refractivity contribution in [3.8, 4) is 0 Å². The van der Waals surface area contributed by atoms with Crippen molar-refractivity contribution in [1.29, 1.82) is 0 Å². The number of carboxylic acid groups (broad SMARTS) is 1. The monoisotopic (exact) mass is 243 g/mol. The average molecular weight is 243 g/mol. The molecule has 0 aromatic carbocycles. The van der Waals surface area contributed by atoms with Gasteiger partial charge in [-0.2, -0.15) is 0 Å². The van der Waals surface area contributed by atoms with Gasteiger partial charge in [0.15, 0.2) is 0 Å². The largest absolute Gasteiger partial charge is 0.480 e. The van der Waals surface area contributed by atoms with Crippen LogP contribution < -0.4 is 5.32 Å². The maximum Gasteiger partial charge on any atom is 0.323 e. The molecular weight excluding hydrogens is 218 g/mol. The number of carbonyl (C=O) groups is 1. The van der Waals surface area contributed by atoms with Gasteiger partial charge in [-0.1, -0.05) is 13.8 Å². The van der Waals surface area contributed by atoms with Crippen LogP contribution in [0, 0.1) is 11.8 Å². The van der Waals surface area contributed by atoms with Crippen molar-refractivity contribution in [3.63, 3.8) is 0 Å². The lowest BCUT2D eigenvalue weighted by Crippen LogP contribution is -2.52. The maximum absolute atomic E-state index is 11.2. The van der Waals surface area contributed by atoms with Gasteiger partial charge in [0.05, 0.1) is 6.61 Å². The highest BCUT2D eigenvalue weighted by atomic mass is 16.5. The number of hydrogen-bond acceptors (Lipinski definition) is 3. The fraction of sp³-hybridized carbons (Fsp3) is 0.923. The predicted molar refractivity (Wildman–Crippen MR) is 67.0 cm³/mol. The van der Waals surface area contributed by atoms with Gasteiger partial charge in [0, 0.05) is 13.2 Å². The Hall–Kier alpha value is -0.610. The van der Waals surface area contributed by atoms with Crippen molar-refractivity contribution >= 4 is 5.97 Å². The SMILES string of the molecule is CC(C)CCOCCNC(C)(C(=O)O)C1CC1. The van der Waals surface area contributed by atoms with Crippen molar-refractivity contribution in [2.45, 2.75) is 45.6 Å². The topological polar surface area (TPSA) is 58.6 Å². The third kappa shape index (κ3) is 4.64. The Labute approximate surface area is 104 Å². The normalized spacial score (nSPS) is 19.3. The van der Waals surface area contributed by atoms with E-state index in [1.165, 1.54) is 0 Å². The molecule has 100 valence electrons. The van der Waals surface area contributed by atoms with E-state index in [0.29, 0.717) is 19.1 Å². The second kappa shape index (κ2) is 6.36. The molecule has 0 amide bonds. The zero-order valence-corrected chi connectivity index (χ0v) is 11.2. The summed E-state index contributed by atoms with van der Waals surface area (Å²) in [6.07, 6.45) is 3.09. The Bertz CT molecular complexity index is 251. The highest BCUT2D eigenvalue weighted by Crippen LogP contribution is 2.39. The molecule has 0 aromatic heterocycles. The highest BCUT2D eigenvalue weighted by molar-refractivity contribution is 5.79. The molecule has 1 atom stereocenters. The van der Waals surface area contributed by atoms with Crippen LogP contribution in [0.5, 0.6) is 0 Å². The predicted octanol–water partition coefficient (Wildman–Crippen LogP) is 1.89. The van der Waals surface area contributed by atoms with Gasteiger partial charge in [-0.15, -0.1) is 0 Å². The molecule has 0 heterocycles. The van der Waals surface area contributed by atoms with Crippen LogP contribution in [0.25, 0.3) is 0 Å². The van der Waals surface area contributed by atoms with E-state index in [-0.39, 0.29) is 5.92 Å². The third-order valence-corrected chi connectivity index (χ3v) is 3.42. The standard InChI is InChI=1S/C13H25NO3/c1-10(2)6-8-17-9-7-14-13(3,12(15)16)11-4-5-11/h10-11,14H,4-9H2,1-3H3,(H,15,16). The molecule has 0 radical (unpaired) electrons. The van der Waals surface area contributed by atoms with Crippen LogP contribution in [0.4, 0.5) is 0 Å². The van der Waals surface area contributed by atoms with Crippen molar-refractivity contribution in [3.05, 3.63) is 0 Å². The lowest BCUT2D eigenvalue weighted by Gasteiger charge is -2.26. The molecule has 1 saturated carbocycles. The molecule has 4 nitrogen and oxygen atoms in total. The number of aliphatic carboxylic acids is 1. The lowest BCUT2D eigenvalue weighted by atomic mass is 9.96. The van der Waals surface area contributed by atoms with E-state index in [1.807, 2.05) is 0 Å². The third-order valence-electron chi connectivity index (χ3n) is 3.42. The smallest absolute Gasteiger partial charge is 0.323 e. The van der Waals surface area contributed by atoms with Gasteiger partial charge in [-0.3, -0.25) is 10.1 Å². The second-order valence-corrected chi connectivity index (χ2v) is 5.50. The van der Waals surface area contributed by atoms with E-state index in [0.717, 1.165) is 25.9 Å². The summed E-state index contributed by atoms with van der Waals surface area (Å²) in [6.45, 7) is 8.06. The van der Waals surface area contributed by atoms with E-state index < -0.39 is 11.5 Å². The molecule has 0 bridgehead atoms. The molecular formula is C13H25NO3. The molecule has 4 heteroatoms. The van der Waals surface area contributed by atoms with E-state index in [9.17, 15) is 9.90 Å². The van der Waals surface area contributed by atoms with Crippen LogP contribution >= 0.6 is 0 Å². The summed E-state index contributed by atoms with van der Waals surface area (Å²) in [4.78, 5) is 11.2. The minimum atomic E-state index is -0.762. The van der Waals surface area contributed by atoms with Crippen LogP contribution in [-0.2, 0) is 9.53 Å². The summed E-state index contributed by atoms with van der Waals surface area (Å²) in [7, 11) is 0. The van der Waals surface area contributed by atoms with Gasteiger partial charge in [-0.05, 0) is 38.0 Å². The van der Waals surface area contributed by atoms with Gasteiger partial charge in [0.25, 0.3) is 0 Å². The summed E-state index contributed by atoms with van der Waals surface area (Å²) in [6, 6.07) is 0. The van der Waals surface area contributed by atoms with E-state index >= 15 is 0 Å². The number of ether oxygens (including phenoxy) is 1. The summed E-state index contributed by atoms with van der Waals surface area (Å²) >= 11 is 0. The number of nitrogens with one attached hydrogen (secondary N) is 1. The molecule has 1 fully saturated rings. The Balaban J connectivity index is 2.13. The minimum Gasteiger partial charge on any atom is -0.480 e. The summed E-state index contributed by atoms with van der Waals surface area (Å²) in [5.74, 6) is 0.191. The summed E-state index contributed by atoms with van der Waals surface area (Å²) in [5, 5.41) is 12.3. The molecule has 0 spiro atoms.